The zero-order chi connectivity index (χ0) is 19.8. The van der Waals surface area contributed by atoms with Gasteiger partial charge >= 0.3 is 0 Å². The Morgan fingerprint density at radius 1 is 1.18 bits per heavy atom. The maximum absolute atomic E-state index is 13.1. The molecule has 6 nitrogen and oxygen atoms in total. The monoisotopic (exact) mass is 411 g/mol. The van der Waals surface area contributed by atoms with Crippen LogP contribution in [0.3, 0.4) is 0 Å². The van der Waals surface area contributed by atoms with Crippen LogP contribution in [0.4, 0.5) is 5.13 Å². The van der Waals surface area contributed by atoms with Gasteiger partial charge in [0.05, 0.1) is 16.5 Å². The van der Waals surface area contributed by atoms with E-state index in [0.717, 1.165) is 11.1 Å². The number of carbonyl (C=O) groups excluding carboxylic acids is 2. The number of amides is 1. The summed E-state index contributed by atoms with van der Waals surface area (Å²) in [6.45, 7) is 4.19. The number of benzene rings is 1. The number of thiophene rings is 1. The van der Waals surface area contributed by atoms with Gasteiger partial charge in [0, 0.05) is 0 Å². The summed E-state index contributed by atoms with van der Waals surface area (Å²) in [5, 5.41) is 20.5. The van der Waals surface area contributed by atoms with Gasteiger partial charge < -0.3 is 5.11 Å². The van der Waals surface area contributed by atoms with Crippen LogP contribution < -0.4 is 4.90 Å². The number of anilines is 1. The molecule has 0 spiro atoms. The fourth-order valence-corrected chi connectivity index (χ4v) is 4.49. The highest BCUT2D eigenvalue weighted by Gasteiger charge is 2.46. The first-order valence-electron chi connectivity index (χ1n) is 8.70. The molecule has 1 atom stereocenters. The minimum Gasteiger partial charge on any atom is -0.503 e. The molecule has 2 aromatic heterocycles. The average molecular weight is 412 g/mol. The number of Topliss-reactive ketones (excluding diaryl/α,β-unsaturated/α-hetero) is 1. The van der Waals surface area contributed by atoms with Crippen molar-refractivity contribution in [2.45, 2.75) is 25.8 Å². The number of aromatic nitrogens is 2. The molecule has 0 bridgehead atoms. The first kappa shape index (κ1) is 18.5. The van der Waals surface area contributed by atoms with Gasteiger partial charge in [0.15, 0.2) is 5.76 Å². The number of hydrogen-bond acceptors (Lipinski definition) is 7. The molecule has 0 saturated carbocycles. The molecule has 28 heavy (non-hydrogen) atoms. The van der Waals surface area contributed by atoms with E-state index >= 15 is 0 Å². The van der Waals surface area contributed by atoms with E-state index in [0.29, 0.717) is 15.9 Å². The highest BCUT2D eigenvalue weighted by Crippen LogP contribution is 2.42. The van der Waals surface area contributed by atoms with E-state index in [4.69, 9.17) is 0 Å². The van der Waals surface area contributed by atoms with Crippen molar-refractivity contribution in [2.75, 3.05) is 4.90 Å². The van der Waals surface area contributed by atoms with Crippen molar-refractivity contribution in [3.8, 4) is 0 Å². The second kappa shape index (κ2) is 7.29. The van der Waals surface area contributed by atoms with Gasteiger partial charge in [0.2, 0.25) is 10.9 Å². The molecule has 8 heteroatoms. The molecule has 1 aliphatic rings. The van der Waals surface area contributed by atoms with Crippen LogP contribution in [0, 0.1) is 0 Å². The van der Waals surface area contributed by atoms with E-state index in [2.05, 4.69) is 24.0 Å². The summed E-state index contributed by atoms with van der Waals surface area (Å²) < 4.78 is 0. The zero-order valence-electron chi connectivity index (χ0n) is 15.2. The fraction of sp³-hybridized carbons (Fsp3) is 0.200. The van der Waals surface area contributed by atoms with E-state index < -0.39 is 17.7 Å². The lowest BCUT2D eigenvalue weighted by Gasteiger charge is -2.24. The van der Waals surface area contributed by atoms with E-state index in [1.807, 2.05) is 24.3 Å². The van der Waals surface area contributed by atoms with Crippen molar-refractivity contribution < 1.29 is 14.7 Å². The number of ketones is 1. The van der Waals surface area contributed by atoms with Gasteiger partial charge in [-0.2, -0.15) is 0 Å². The van der Waals surface area contributed by atoms with Crippen LogP contribution in [0.25, 0.3) is 0 Å². The highest BCUT2D eigenvalue weighted by atomic mass is 32.1. The Labute approximate surface area is 169 Å². The van der Waals surface area contributed by atoms with Gasteiger partial charge in [0.1, 0.15) is 5.51 Å². The van der Waals surface area contributed by atoms with Gasteiger partial charge in [0.25, 0.3) is 5.91 Å². The highest BCUT2D eigenvalue weighted by molar-refractivity contribution is 7.13. The van der Waals surface area contributed by atoms with Gasteiger partial charge in [-0.25, -0.2) is 0 Å². The Kier molecular flexibility index (Phi) is 4.82. The lowest BCUT2D eigenvalue weighted by molar-refractivity contribution is -0.117. The number of nitrogens with zero attached hydrogens (tertiary/aromatic N) is 3. The predicted molar refractivity (Wildman–Crippen MR) is 109 cm³/mol. The maximum atomic E-state index is 13.1. The molecule has 3 heterocycles. The molecular weight excluding hydrogens is 394 g/mol. The zero-order valence-corrected chi connectivity index (χ0v) is 16.8. The van der Waals surface area contributed by atoms with Gasteiger partial charge in [-0.05, 0) is 28.5 Å². The van der Waals surface area contributed by atoms with Crippen LogP contribution in [0.1, 0.15) is 46.6 Å². The van der Waals surface area contributed by atoms with E-state index in [1.165, 1.54) is 33.1 Å². The molecule has 0 aliphatic carbocycles. The topological polar surface area (TPSA) is 83.4 Å². The van der Waals surface area contributed by atoms with Crippen molar-refractivity contribution >= 4 is 39.5 Å². The van der Waals surface area contributed by atoms with Crippen LogP contribution in [-0.4, -0.2) is 27.0 Å². The molecule has 1 aliphatic heterocycles. The van der Waals surface area contributed by atoms with Crippen LogP contribution in [0.2, 0.25) is 0 Å². The molecule has 0 unspecified atom stereocenters. The quantitative estimate of drug-likeness (QED) is 0.625. The standard InChI is InChI=1S/C20H17N3O3S2/c1-11(2)12-5-7-13(8-6-12)16-15(17(24)14-4-3-9-27-14)18(25)19(26)23(16)20-22-21-10-28-20/h3-11,16,25H,1-2H3/t16-/m0/s1. The van der Waals surface area contributed by atoms with Gasteiger partial charge in [-0.1, -0.05) is 55.5 Å². The van der Waals surface area contributed by atoms with Crippen molar-refractivity contribution in [3.63, 3.8) is 0 Å². The lowest BCUT2D eigenvalue weighted by atomic mass is 9.93. The number of hydrogen-bond donors (Lipinski definition) is 1. The second-order valence-electron chi connectivity index (χ2n) is 6.69. The molecule has 1 aromatic carbocycles. The third kappa shape index (κ3) is 3.04. The smallest absolute Gasteiger partial charge is 0.296 e. The molecular formula is C20H17N3O3S2. The summed E-state index contributed by atoms with van der Waals surface area (Å²) >= 11 is 2.45. The minimum atomic E-state index is -0.753. The Balaban J connectivity index is 1.85. The average Bonchev–Trinajstić information content (AvgIpc) is 3.43. The van der Waals surface area contributed by atoms with E-state index in [9.17, 15) is 14.7 Å². The number of carbonyl (C=O) groups is 2. The van der Waals surface area contributed by atoms with Gasteiger partial charge in [-0.15, -0.1) is 21.5 Å². The molecule has 3 aromatic rings. The summed E-state index contributed by atoms with van der Waals surface area (Å²) in [4.78, 5) is 27.8. The number of aliphatic hydroxyl groups is 1. The predicted octanol–water partition coefficient (Wildman–Crippen LogP) is 4.51. The van der Waals surface area contributed by atoms with Crippen molar-refractivity contribution in [2.24, 2.45) is 0 Å². The Hall–Kier alpha value is -2.84. The molecule has 0 radical (unpaired) electrons. The number of rotatable bonds is 5. The Morgan fingerprint density at radius 3 is 2.50 bits per heavy atom. The summed E-state index contributed by atoms with van der Waals surface area (Å²) in [6, 6.07) is 10.4. The summed E-state index contributed by atoms with van der Waals surface area (Å²) in [5.41, 5.74) is 3.46. The summed E-state index contributed by atoms with van der Waals surface area (Å²) in [6.07, 6.45) is 0. The first-order chi connectivity index (χ1) is 13.5. The summed E-state index contributed by atoms with van der Waals surface area (Å²) in [7, 11) is 0. The molecule has 0 saturated heterocycles. The molecule has 1 N–H and O–H groups in total. The van der Waals surface area contributed by atoms with Crippen LogP contribution in [0.15, 0.2) is 58.6 Å². The second-order valence-corrected chi connectivity index (χ2v) is 8.45. The van der Waals surface area contributed by atoms with E-state index in [1.54, 1.807) is 17.5 Å². The van der Waals surface area contributed by atoms with Gasteiger partial charge in [-0.3, -0.25) is 14.5 Å². The maximum Gasteiger partial charge on any atom is 0.296 e. The molecule has 1 amide bonds. The minimum absolute atomic E-state index is 0.0694. The van der Waals surface area contributed by atoms with Crippen LogP contribution >= 0.6 is 22.7 Å². The van der Waals surface area contributed by atoms with E-state index in [-0.39, 0.29) is 11.4 Å². The SMILES string of the molecule is CC(C)c1ccc([C@H]2C(C(=O)c3cccs3)=C(O)C(=O)N2c2nncs2)cc1. The normalized spacial score (nSPS) is 17.0. The van der Waals surface area contributed by atoms with Crippen molar-refractivity contribution in [1.82, 2.24) is 10.2 Å². The van der Waals surface area contributed by atoms with Crippen molar-refractivity contribution in [1.29, 1.82) is 0 Å². The Morgan fingerprint density at radius 2 is 1.93 bits per heavy atom. The third-order valence-corrected chi connectivity index (χ3v) is 6.23. The largest absolute Gasteiger partial charge is 0.503 e. The molecule has 0 fully saturated rings. The van der Waals surface area contributed by atoms with Crippen LogP contribution in [-0.2, 0) is 4.79 Å². The third-order valence-electron chi connectivity index (χ3n) is 4.67. The lowest BCUT2D eigenvalue weighted by Crippen LogP contribution is -2.31. The van der Waals surface area contributed by atoms with Crippen molar-refractivity contribution in [3.05, 3.63) is 74.6 Å². The Bertz CT molecular complexity index is 1040. The first-order valence-corrected chi connectivity index (χ1v) is 10.5. The molecule has 4 rings (SSSR count). The molecule has 142 valence electrons. The van der Waals surface area contributed by atoms with Crippen LogP contribution in [0.5, 0.6) is 0 Å². The number of aliphatic hydroxyl groups excluding tert-OH is 1. The summed E-state index contributed by atoms with van der Waals surface area (Å²) in [5.74, 6) is -1.18. The fourth-order valence-electron chi connectivity index (χ4n) is 3.23.